The van der Waals surface area contributed by atoms with E-state index in [-0.39, 0.29) is 23.9 Å². The second-order valence-electron chi connectivity index (χ2n) is 6.01. The number of nitrogens with one attached hydrogen (secondary N) is 1. The highest BCUT2D eigenvalue weighted by atomic mass is 19.1. The summed E-state index contributed by atoms with van der Waals surface area (Å²) in [7, 11) is 0. The summed E-state index contributed by atoms with van der Waals surface area (Å²) in [5.41, 5.74) is -0.201. The van der Waals surface area contributed by atoms with Gasteiger partial charge in [0.15, 0.2) is 5.82 Å². The first kappa shape index (κ1) is 19.6. The maximum Gasteiger partial charge on any atom is 0.468 e. The molecule has 1 amide bonds. The number of carbonyl (C=O) groups is 1. The molecule has 0 spiro atoms. The molecule has 150 valence electrons. The van der Waals surface area contributed by atoms with E-state index in [0.29, 0.717) is 5.56 Å². The van der Waals surface area contributed by atoms with Gasteiger partial charge in [-0.2, -0.15) is 9.78 Å². The number of amides is 1. The van der Waals surface area contributed by atoms with Crippen molar-refractivity contribution in [2.24, 2.45) is 0 Å². The minimum absolute atomic E-state index is 0.117. The molecular formula is C16H14FN7O5. The van der Waals surface area contributed by atoms with Gasteiger partial charge in [-0.25, -0.2) is 4.39 Å². The van der Waals surface area contributed by atoms with Crippen LogP contribution >= 0.6 is 0 Å². The average molecular weight is 403 g/mol. The maximum atomic E-state index is 13.2. The smallest absolute Gasteiger partial charge is 0.358 e. The van der Waals surface area contributed by atoms with Crippen molar-refractivity contribution in [2.75, 3.05) is 5.32 Å². The zero-order valence-electron chi connectivity index (χ0n) is 15.0. The number of benzene rings is 1. The zero-order valence-corrected chi connectivity index (χ0v) is 15.0. The second kappa shape index (κ2) is 7.84. The van der Waals surface area contributed by atoms with Crippen LogP contribution in [-0.2, 0) is 17.9 Å². The van der Waals surface area contributed by atoms with Gasteiger partial charge in [-0.3, -0.25) is 19.6 Å². The summed E-state index contributed by atoms with van der Waals surface area (Å²) in [5.74, 6) is -1.74. The first-order valence-electron chi connectivity index (χ1n) is 8.18. The summed E-state index contributed by atoms with van der Waals surface area (Å²) in [4.78, 5) is 32.3. The normalized spacial score (nSPS) is 10.7. The van der Waals surface area contributed by atoms with Crippen molar-refractivity contribution < 1.29 is 19.0 Å². The highest BCUT2D eigenvalue weighted by Gasteiger charge is 2.35. The SMILES string of the molecule is Cc1c([N+](=O)[O-])c([N+](=O)[O-])nn1CC(=O)Nc1ccn(Cc2cccc(F)c2)n1. The van der Waals surface area contributed by atoms with Gasteiger partial charge in [-0.1, -0.05) is 12.1 Å². The topological polar surface area (TPSA) is 151 Å². The lowest BCUT2D eigenvalue weighted by Gasteiger charge is -2.03. The largest absolute Gasteiger partial charge is 0.468 e. The summed E-state index contributed by atoms with van der Waals surface area (Å²) in [6.07, 6.45) is 1.58. The Kier molecular flexibility index (Phi) is 5.29. The van der Waals surface area contributed by atoms with Crippen LogP contribution in [0.4, 0.5) is 21.7 Å². The van der Waals surface area contributed by atoms with Crippen LogP contribution in [0.25, 0.3) is 0 Å². The van der Waals surface area contributed by atoms with Gasteiger partial charge < -0.3 is 15.4 Å². The van der Waals surface area contributed by atoms with Crippen molar-refractivity contribution in [3.8, 4) is 0 Å². The van der Waals surface area contributed by atoms with Gasteiger partial charge in [0.2, 0.25) is 5.91 Å². The van der Waals surface area contributed by atoms with Gasteiger partial charge in [0.1, 0.15) is 18.1 Å². The molecule has 0 aliphatic rings. The Hall–Kier alpha value is -4.16. The highest BCUT2D eigenvalue weighted by molar-refractivity contribution is 5.89. The first-order valence-corrected chi connectivity index (χ1v) is 8.18. The number of hydrogen-bond donors (Lipinski definition) is 1. The number of rotatable bonds is 7. The number of nitro groups is 2. The van der Waals surface area contributed by atoms with Crippen molar-refractivity contribution in [3.05, 3.63) is 73.8 Å². The summed E-state index contributed by atoms with van der Waals surface area (Å²) < 4.78 is 15.6. The van der Waals surface area contributed by atoms with E-state index in [9.17, 15) is 29.4 Å². The molecule has 0 aliphatic carbocycles. The number of hydrogen-bond acceptors (Lipinski definition) is 7. The Morgan fingerprint density at radius 1 is 1.21 bits per heavy atom. The number of carbonyl (C=O) groups excluding carboxylic acids is 1. The third kappa shape index (κ3) is 4.40. The predicted octanol–water partition coefficient (Wildman–Crippen LogP) is 2.03. The van der Waals surface area contributed by atoms with Crippen molar-refractivity contribution in [3.63, 3.8) is 0 Å². The molecule has 1 aromatic carbocycles. The molecule has 0 unspecified atom stereocenters. The van der Waals surface area contributed by atoms with Crippen LogP contribution in [0.2, 0.25) is 0 Å². The summed E-state index contributed by atoms with van der Waals surface area (Å²) >= 11 is 0. The molecule has 29 heavy (non-hydrogen) atoms. The van der Waals surface area contributed by atoms with Gasteiger partial charge in [0.25, 0.3) is 0 Å². The molecule has 0 saturated carbocycles. The highest BCUT2D eigenvalue weighted by Crippen LogP contribution is 2.29. The van der Waals surface area contributed by atoms with Crippen molar-refractivity contribution >= 4 is 23.2 Å². The molecule has 0 atom stereocenters. The lowest BCUT2D eigenvalue weighted by atomic mass is 10.2. The van der Waals surface area contributed by atoms with E-state index in [4.69, 9.17) is 0 Å². The summed E-state index contributed by atoms with van der Waals surface area (Å²) in [6, 6.07) is 7.49. The maximum absolute atomic E-state index is 13.2. The second-order valence-corrected chi connectivity index (χ2v) is 6.01. The standard InChI is InChI=1S/C16H14FN7O5/c1-10-15(23(26)27)16(24(28)29)20-22(10)9-14(25)18-13-5-6-21(19-13)8-11-3-2-4-12(17)7-11/h2-7H,8-9H2,1H3,(H,18,19,25). The third-order valence-electron chi connectivity index (χ3n) is 3.95. The number of anilines is 1. The fourth-order valence-electron chi connectivity index (χ4n) is 2.67. The molecule has 0 bridgehead atoms. The van der Waals surface area contributed by atoms with E-state index in [0.717, 1.165) is 4.68 Å². The van der Waals surface area contributed by atoms with Crippen LogP contribution in [0.1, 0.15) is 11.3 Å². The van der Waals surface area contributed by atoms with E-state index in [1.54, 1.807) is 18.3 Å². The van der Waals surface area contributed by atoms with Crippen LogP contribution in [-0.4, -0.2) is 35.3 Å². The minimum Gasteiger partial charge on any atom is -0.358 e. The molecule has 2 heterocycles. The molecule has 0 fully saturated rings. The van der Waals surface area contributed by atoms with Crippen LogP contribution in [0.5, 0.6) is 0 Å². The van der Waals surface area contributed by atoms with Crippen LogP contribution < -0.4 is 5.32 Å². The van der Waals surface area contributed by atoms with E-state index in [1.165, 1.54) is 29.8 Å². The molecule has 1 N–H and O–H groups in total. The predicted molar refractivity (Wildman–Crippen MR) is 96.6 cm³/mol. The fraction of sp³-hybridized carbons (Fsp3) is 0.188. The Morgan fingerprint density at radius 3 is 2.59 bits per heavy atom. The van der Waals surface area contributed by atoms with Crippen molar-refractivity contribution in [2.45, 2.75) is 20.0 Å². The number of nitrogens with zero attached hydrogens (tertiary/aromatic N) is 6. The molecular weight excluding hydrogens is 389 g/mol. The Balaban J connectivity index is 1.69. The molecule has 12 nitrogen and oxygen atoms in total. The van der Waals surface area contributed by atoms with Crippen molar-refractivity contribution in [1.82, 2.24) is 19.6 Å². The van der Waals surface area contributed by atoms with E-state index in [2.05, 4.69) is 15.5 Å². The lowest BCUT2D eigenvalue weighted by molar-refractivity contribution is -0.424. The van der Waals surface area contributed by atoms with Crippen LogP contribution in [0.3, 0.4) is 0 Å². The average Bonchev–Trinajstić information content (AvgIpc) is 3.19. The zero-order chi connectivity index (χ0) is 21.1. The van der Waals surface area contributed by atoms with Crippen molar-refractivity contribution in [1.29, 1.82) is 0 Å². The monoisotopic (exact) mass is 403 g/mol. The number of aromatic nitrogens is 4. The Labute approximate surface area is 161 Å². The summed E-state index contributed by atoms with van der Waals surface area (Å²) in [6.45, 7) is 1.07. The minimum atomic E-state index is -0.979. The fourth-order valence-corrected chi connectivity index (χ4v) is 2.67. The lowest BCUT2D eigenvalue weighted by Crippen LogP contribution is -2.20. The van der Waals surface area contributed by atoms with Gasteiger partial charge >= 0.3 is 11.5 Å². The molecule has 0 aliphatic heterocycles. The van der Waals surface area contributed by atoms with Gasteiger partial charge in [0, 0.05) is 12.3 Å². The van der Waals surface area contributed by atoms with E-state index >= 15 is 0 Å². The molecule has 0 saturated heterocycles. The van der Waals surface area contributed by atoms with Gasteiger partial charge in [0.05, 0.1) is 16.6 Å². The van der Waals surface area contributed by atoms with Crippen LogP contribution in [0, 0.1) is 33.0 Å². The quantitative estimate of drug-likeness (QED) is 0.468. The van der Waals surface area contributed by atoms with Gasteiger partial charge in [-0.05, 0) is 29.5 Å². The van der Waals surface area contributed by atoms with E-state index in [1.807, 2.05) is 0 Å². The third-order valence-corrected chi connectivity index (χ3v) is 3.95. The summed E-state index contributed by atoms with van der Waals surface area (Å²) in [5, 5.41) is 32.1. The molecule has 3 rings (SSSR count). The molecule has 3 aromatic rings. The Bertz CT molecular complexity index is 1110. The van der Waals surface area contributed by atoms with Gasteiger partial charge in [-0.15, -0.1) is 0 Å². The van der Waals surface area contributed by atoms with E-state index < -0.39 is 33.8 Å². The molecule has 2 aromatic heterocycles. The molecule has 0 radical (unpaired) electrons. The first-order chi connectivity index (χ1) is 13.7. The Morgan fingerprint density at radius 2 is 1.97 bits per heavy atom. The van der Waals surface area contributed by atoms with Crippen LogP contribution in [0.15, 0.2) is 36.5 Å². The number of halogens is 1. The molecule has 13 heteroatoms.